The zero-order valence-electron chi connectivity index (χ0n) is 18.8. The number of halogens is 1. The summed E-state index contributed by atoms with van der Waals surface area (Å²) >= 11 is 0. The van der Waals surface area contributed by atoms with E-state index in [-0.39, 0.29) is 35.8 Å². The number of nitrogens with one attached hydrogen (secondary N) is 3. The van der Waals surface area contributed by atoms with Crippen LogP contribution in [0, 0.1) is 19.8 Å². The Labute approximate surface area is 202 Å². The number of nitrogens with zero attached hydrogens (tertiary/aromatic N) is 3. The van der Waals surface area contributed by atoms with Gasteiger partial charge in [0.1, 0.15) is 0 Å². The maximum atomic E-state index is 12.2. The lowest BCUT2D eigenvalue weighted by atomic mass is 9.85. The zero-order chi connectivity index (χ0) is 21.3. The molecule has 1 aromatic heterocycles. The summed E-state index contributed by atoms with van der Waals surface area (Å²) in [5.41, 5.74) is 4.17. The number of hydrogen-bond acceptors (Lipinski definition) is 3. The molecule has 1 aliphatic carbocycles. The van der Waals surface area contributed by atoms with Gasteiger partial charge in [0.05, 0.1) is 12.2 Å². The van der Waals surface area contributed by atoms with Gasteiger partial charge >= 0.3 is 0 Å². The normalized spacial score (nSPS) is 13.8. The Hall–Kier alpha value is -2.10. The van der Waals surface area contributed by atoms with Crippen molar-refractivity contribution in [3.05, 3.63) is 47.3 Å². The summed E-state index contributed by atoms with van der Waals surface area (Å²) in [4.78, 5) is 16.9. The number of benzene rings is 1. The molecule has 170 valence electrons. The fraction of sp³-hybridized carbons (Fsp3) is 0.522. The lowest BCUT2D eigenvalue weighted by Gasteiger charge is -2.24. The standard InChI is InChI=1S/C23H34N6O.HI/c1-4-24-23(25-12-7-13-29-18(3)14-17(2)28-29)26-16-19-8-5-11-21(15-19)27-22(30)20-9-6-10-20;/h5,8,11,14-15,20H,4,6-7,9-10,12-13,16H2,1-3H3,(H,27,30)(H2,24,25,26);1H. The molecule has 1 heterocycles. The minimum Gasteiger partial charge on any atom is -0.357 e. The van der Waals surface area contributed by atoms with E-state index in [2.05, 4.69) is 41.0 Å². The van der Waals surface area contributed by atoms with Gasteiger partial charge in [-0.2, -0.15) is 5.10 Å². The van der Waals surface area contributed by atoms with Gasteiger partial charge in [0, 0.05) is 36.9 Å². The molecule has 1 fully saturated rings. The molecule has 0 bridgehead atoms. The Morgan fingerprint density at radius 3 is 2.68 bits per heavy atom. The molecule has 31 heavy (non-hydrogen) atoms. The van der Waals surface area contributed by atoms with Crippen LogP contribution in [0.25, 0.3) is 0 Å². The summed E-state index contributed by atoms with van der Waals surface area (Å²) in [5.74, 6) is 1.12. The van der Waals surface area contributed by atoms with Gasteiger partial charge in [-0.15, -0.1) is 24.0 Å². The first kappa shape index (κ1) is 25.2. The molecule has 7 nitrogen and oxygen atoms in total. The molecule has 0 unspecified atom stereocenters. The van der Waals surface area contributed by atoms with Crippen LogP contribution in [0.2, 0.25) is 0 Å². The molecule has 0 radical (unpaired) electrons. The predicted octanol–water partition coefficient (Wildman–Crippen LogP) is 4.00. The minimum atomic E-state index is 0. The average Bonchev–Trinajstić information content (AvgIpc) is 2.99. The molecular formula is C23H35IN6O. The number of guanidine groups is 1. The molecule has 0 saturated heterocycles. The highest BCUT2D eigenvalue weighted by Crippen LogP contribution is 2.27. The van der Waals surface area contributed by atoms with Crippen molar-refractivity contribution in [1.82, 2.24) is 20.4 Å². The Balaban J connectivity index is 0.00000341. The highest BCUT2D eigenvalue weighted by molar-refractivity contribution is 14.0. The topological polar surface area (TPSA) is 83.3 Å². The fourth-order valence-electron chi connectivity index (χ4n) is 3.51. The molecule has 8 heteroatoms. The van der Waals surface area contributed by atoms with Gasteiger partial charge in [-0.1, -0.05) is 18.6 Å². The largest absolute Gasteiger partial charge is 0.357 e. The zero-order valence-corrected chi connectivity index (χ0v) is 21.1. The third-order valence-corrected chi connectivity index (χ3v) is 5.38. The number of amides is 1. The van der Waals surface area contributed by atoms with Crippen LogP contribution in [0.1, 0.15) is 49.6 Å². The SMILES string of the molecule is CCNC(=NCc1cccc(NC(=O)C2CCC2)c1)NCCCn1nc(C)cc1C.I. The summed E-state index contributed by atoms with van der Waals surface area (Å²) in [6, 6.07) is 10.0. The van der Waals surface area contributed by atoms with Crippen molar-refractivity contribution >= 4 is 41.5 Å². The monoisotopic (exact) mass is 538 g/mol. The lowest BCUT2D eigenvalue weighted by molar-refractivity contribution is -0.122. The van der Waals surface area contributed by atoms with E-state index in [4.69, 9.17) is 4.99 Å². The molecule has 1 aliphatic rings. The Morgan fingerprint density at radius 1 is 1.23 bits per heavy atom. The number of anilines is 1. The van der Waals surface area contributed by atoms with Crippen molar-refractivity contribution in [2.45, 2.75) is 59.5 Å². The number of aryl methyl sites for hydroxylation is 3. The molecule has 0 atom stereocenters. The van der Waals surface area contributed by atoms with Gasteiger partial charge in [0.25, 0.3) is 0 Å². The smallest absolute Gasteiger partial charge is 0.227 e. The second-order valence-electron chi connectivity index (χ2n) is 7.94. The molecule has 1 amide bonds. The molecule has 0 aliphatic heterocycles. The predicted molar refractivity (Wildman–Crippen MR) is 137 cm³/mol. The first-order valence-corrected chi connectivity index (χ1v) is 11.0. The summed E-state index contributed by atoms with van der Waals surface area (Å²) in [7, 11) is 0. The number of aromatic nitrogens is 2. The average molecular weight is 538 g/mol. The maximum absolute atomic E-state index is 12.2. The number of rotatable bonds is 9. The van der Waals surface area contributed by atoms with Gasteiger partial charge in [-0.25, -0.2) is 4.99 Å². The van der Waals surface area contributed by atoms with E-state index in [0.29, 0.717) is 6.54 Å². The third-order valence-electron chi connectivity index (χ3n) is 5.38. The lowest BCUT2D eigenvalue weighted by Crippen LogP contribution is -2.38. The van der Waals surface area contributed by atoms with Gasteiger partial charge in [0.15, 0.2) is 5.96 Å². The van der Waals surface area contributed by atoms with Crippen LogP contribution in [0.15, 0.2) is 35.3 Å². The quantitative estimate of drug-likeness (QED) is 0.195. The van der Waals surface area contributed by atoms with E-state index in [0.717, 1.165) is 68.2 Å². The minimum absolute atomic E-state index is 0. The van der Waals surface area contributed by atoms with E-state index < -0.39 is 0 Å². The molecule has 1 aromatic carbocycles. The van der Waals surface area contributed by atoms with Crippen molar-refractivity contribution in [3.8, 4) is 0 Å². The van der Waals surface area contributed by atoms with E-state index in [1.807, 2.05) is 35.9 Å². The van der Waals surface area contributed by atoms with Crippen molar-refractivity contribution in [2.75, 3.05) is 18.4 Å². The Kier molecular flexibility index (Phi) is 10.3. The van der Waals surface area contributed by atoms with Crippen LogP contribution in [0.5, 0.6) is 0 Å². The van der Waals surface area contributed by atoms with Crippen LogP contribution in [-0.2, 0) is 17.9 Å². The number of aliphatic imine (C=N–C) groups is 1. The summed E-state index contributed by atoms with van der Waals surface area (Å²) in [5, 5.41) is 14.2. The van der Waals surface area contributed by atoms with E-state index in [1.54, 1.807) is 0 Å². The molecule has 0 spiro atoms. The first-order valence-electron chi connectivity index (χ1n) is 11.0. The highest BCUT2D eigenvalue weighted by atomic mass is 127. The highest BCUT2D eigenvalue weighted by Gasteiger charge is 2.25. The van der Waals surface area contributed by atoms with Gasteiger partial charge in [-0.3, -0.25) is 9.48 Å². The van der Waals surface area contributed by atoms with Gasteiger partial charge in [0.2, 0.25) is 5.91 Å². The van der Waals surface area contributed by atoms with E-state index in [9.17, 15) is 4.79 Å². The number of carbonyl (C=O) groups is 1. The van der Waals surface area contributed by atoms with Crippen LogP contribution < -0.4 is 16.0 Å². The Bertz CT molecular complexity index is 875. The molecule has 3 rings (SSSR count). The molecule has 1 saturated carbocycles. The summed E-state index contributed by atoms with van der Waals surface area (Å²) < 4.78 is 2.05. The fourth-order valence-corrected chi connectivity index (χ4v) is 3.51. The molecular weight excluding hydrogens is 503 g/mol. The first-order chi connectivity index (χ1) is 14.5. The second kappa shape index (κ2) is 12.7. The molecule has 2 aromatic rings. The van der Waals surface area contributed by atoms with E-state index >= 15 is 0 Å². The van der Waals surface area contributed by atoms with Crippen LogP contribution in [0.3, 0.4) is 0 Å². The van der Waals surface area contributed by atoms with Crippen molar-refractivity contribution in [2.24, 2.45) is 10.9 Å². The summed E-state index contributed by atoms with van der Waals surface area (Å²) in [6.07, 6.45) is 4.14. The third kappa shape index (κ3) is 7.83. The number of hydrogen-bond donors (Lipinski definition) is 3. The van der Waals surface area contributed by atoms with Crippen molar-refractivity contribution in [1.29, 1.82) is 0 Å². The van der Waals surface area contributed by atoms with Crippen LogP contribution >= 0.6 is 24.0 Å². The van der Waals surface area contributed by atoms with Gasteiger partial charge < -0.3 is 16.0 Å². The molecule has 3 N–H and O–H groups in total. The number of carbonyl (C=O) groups excluding carboxylic acids is 1. The maximum Gasteiger partial charge on any atom is 0.227 e. The van der Waals surface area contributed by atoms with E-state index in [1.165, 1.54) is 5.69 Å². The van der Waals surface area contributed by atoms with Crippen LogP contribution in [0.4, 0.5) is 5.69 Å². The van der Waals surface area contributed by atoms with Crippen molar-refractivity contribution < 1.29 is 4.79 Å². The summed E-state index contributed by atoms with van der Waals surface area (Å²) in [6.45, 7) is 9.23. The Morgan fingerprint density at radius 2 is 2.03 bits per heavy atom. The van der Waals surface area contributed by atoms with Crippen molar-refractivity contribution in [3.63, 3.8) is 0 Å². The second-order valence-corrected chi connectivity index (χ2v) is 7.94. The van der Waals surface area contributed by atoms with Gasteiger partial charge in [-0.05, 0) is 63.8 Å². The van der Waals surface area contributed by atoms with Crippen LogP contribution in [-0.4, -0.2) is 34.7 Å².